The van der Waals surface area contributed by atoms with E-state index in [1.54, 1.807) is 6.33 Å². The number of benzene rings is 3. The average molecular weight is 513 g/mol. The summed E-state index contributed by atoms with van der Waals surface area (Å²) in [5.74, 6) is 1.26. The molecule has 0 aliphatic carbocycles. The van der Waals surface area contributed by atoms with Crippen LogP contribution in [0.2, 0.25) is 0 Å². The third-order valence-corrected chi connectivity index (χ3v) is 8.54. The molecule has 1 aliphatic rings. The van der Waals surface area contributed by atoms with E-state index in [4.69, 9.17) is 0 Å². The highest BCUT2D eigenvalue weighted by Gasteiger charge is 2.21. The first-order valence-corrected chi connectivity index (χ1v) is 14.3. The van der Waals surface area contributed by atoms with Crippen LogP contribution >= 0.6 is 0 Å². The number of aromatic nitrogens is 4. The maximum absolute atomic E-state index is 11.7. The molecule has 5 aromatic rings. The van der Waals surface area contributed by atoms with Crippen molar-refractivity contribution in [2.24, 2.45) is 0 Å². The lowest BCUT2D eigenvalue weighted by Crippen LogP contribution is -2.41. The minimum Gasteiger partial charge on any atom is -0.340 e. The van der Waals surface area contributed by atoms with Crippen molar-refractivity contribution in [1.29, 1.82) is 0 Å². The molecule has 0 unspecified atom stereocenters. The van der Waals surface area contributed by atoms with Gasteiger partial charge < -0.3 is 10.2 Å². The lowest BCUT2D eigenvalue weighted by atomic mass is 10.1. The van der Waals surface area contributed by atoms with Crippen LogP contribution in [0.15, 0.2) is 79.3 Å². The molecule has 1 saturated heterocycles. The smallest absolute Gasteiger partial charge is 0.152 e. The lowest BCUT2D eigenvalue weighted by molar-refractivity contribution is 0.299. The van der Waals surface area contributed by atoms with Crippen molar-refractivity contribution in [2.45, 2.75) is 13.0 Å². The standard InChI is InChI=1S/C28H28N6O2S/c35-37(36)14-12-33(13-15-37)11-10-21-6-8-26-25(16-21)28(30-20-29-26)32-24-7-9-27-23(17-24)18-31-34(27)19-22-4-2-1-3-5-22/h1-9,16-18,20H,10-15,19H2,(H,29,30,32). The fraction of sp³-hybridized carbons (Fsp3) is 0.250. The molecule has 3 aromatic carbocycles. The van der Waals surface area contributed by atoms with E-state index >= 15 is 0 Å². The van der Waals surface area contributed by atoms with Crippen LogP contribution in [0.3, 0.4) is 0 Å². The fourth-order valence-electron chi connectivity index (χ4n) is 4.80. The quantitative estimate of drug-likeness (QED) is 0.352. The second kappa shape index (κ2) is 9.91. The number of hydrogen-bond acceptors (Lipinski definition) is 7. The molecule has 2 aromatic heterocycles. The van der Waals surface area contributed by atoms with Gasteiger partial charge in [0.05, 0.1) is 35.3 Å². The predicted molar refractivity (Wildman–Crippen MR) is 147 cm³/mol. The van der Waals surface area contributed by atoms with Crippen molar-refractivity contribution < 1.29 is 8.42 Å². The number of hydrogen-bond donors (Lipinski definition) is 1. The molecular weight excluding hydrogens is 484 g/mol. The van der Waals surface area contributed by atoms with Gasteiger partial charge in [-0.2, -0.15) is 5.10 Å². The zero-order valence-electron chi connectivity index (χ0n) is 20.4. The zero-order valence-corrected chi connectivity index (χ0v) is 21.2. The van der Waals surface area contributed by atoms with E-state index < -0.39 is 9.84 Å². The Morgan fingerprint density at radius 1 is 0.892 bits per heavy atom. The summed E-state index contributed by atoms with van der Waals surface area (Å²) in [6.07, 6.45) is 4.32. The van der Waals surface area contributed by atoms with E-state index in [1.165, 1.54) is 11.1 Å². The van der Waals surface area contributed by atoms with Crippen molar-refractivity contribution >= 4 is 43.1 Å². The van der Waals surface area contributed by atoms with Gasteiger partial charge in [0.1, 0.15) is 12.1 Å². The molecule has 9 heteroatoms. The Labute approximate surface area is 215 Å². The van der Waals surface area contributed by atoms with Crippen LogP contribution in [0.5, 0.6) is 0 Å². The lowest BCUT2D eigenvalue weighted by Gasteiger charge is -2.26. The van der Waals surface area contributed by atoms with E-state index in [0.29, 0.717) is 13.1 Å². The first kappa shape index (κ1) is 23.6. The molecule has 6 rings (SSSR count). The Balaban J connectivity index is 1.20. The maximum Gasteiger partial charge on any atom is 0.152 e. The van der Waals surface area contributed by atoms with Crippen molar-refractivity contribution in [3.63, 3.8) is 0 Å². The minimum absolute atomic E-state index is 0.252. The van der Waals surface area contributed by atoms with E-state index in [1.807, 2.05) is 41.2 Å². The molecule has 1 N–H and O–H groups in total. The third-order valence-electron chi connectivity index (χ3n) is 6.93. The average Bonchev–Trinajstić information content (AvgIpc) is 3.30. The summed E-state index contributed by atoms with van der Waals surface area (Å²) in [6.45, 7) is 2.78. The number of sulfone groups is 1. The highest BCUT2D eigenvalue weighted by atomic mass is 32.2. The molecule has 1 aliphatic heterocycles. The van der Waals surface area contributed by atoms with Gasteiger partial charge >= 0.3 is 0 Å². The largest absolute Gasteiger partial charge is 0.340 e. The van der Waals surface area contributed by atoms with Gasteiger partial charge in [-0.05, 0) is 47.9 Å². The van der Waals surface area contributed by atoms with E-state index in [9.17, 15) is 8.42 Å². The molecule has 0 radical (unpaired) electrons. The molecule has 37 heavy (non-hydrogen) atoms. The van der Waals surface area contributed by atoms with Crippen LogP contribution in [0, 0.1) is 0 Å². The van der Waals surface area contributed by atoms with Gasteiger partial charge in [0.15, 0.2) is 9.84 Å². The minimum atomic E-state index is -2.86. The van der Waals surface area contributed by atoms with Crippen molar-refractivity contribution in [3.8, 4) is 0 Å². The predicted octanol–water partition coefficient (Wildman–Crippen LogP) is 4.04. The summed E-state index contributed by atoms with van der Waals surface area (Å²) in [5, 5.41) is 10.1. The van der Waals surface area contributed by atoms with Gasteiger partial charge in [0.2, 0.25) is 0 Å². The molecular formula is C28H28N6O2S. The van der Waals surface area contributed by atoms with E-state index in [2.05, 4.69) is 61.7 Å². The Morgan fingerprint density at radius 3 is 2.57 bits per heavy atom. The summed E-state index contributed by atoms with van der Waals surface area (Å²) in [5.41, 5.74) is 5.28. The Kier molecular flexibility index (Phi) is 6.31. The van der Waals surface area contributed by atoms with Crippen LogP contribution in [0.4, 0.5) is 11.5 Å². The van der Waals surface area contributed by atoms with Crippen molar-refractivity contribution in [1.82, 2.24) is 24.6 Å². The molecule has 0 spiro atoms. The molecule has 0 amide bonds. The van der Waals surface area contributed by atoms with Crippen LogP contribution < -0.4 is 5.32 Å². The Bertz CT molecular complexity index is 1650. The van der Waals surface area contributed by atoms with E-state index in [0.717, 1.165) is 52.8 Å². The summed E-state index contributed by atoms with van der Waals surface area (Å²) < 4.78 is 25.4. The van der Waals surface area contributed by atoms with Gasteiger partial charge in [0.25, 0.3) is 0 Å². The monoisotopic (exact) mass is 512 g/mol. The van der Waals surface area contributed by atoms with Crippen LogP contribution in [-0.2, 0) is 22.8 Å². The summed E-state index contributed by atoms with van der Waals surface area (Å²) in [4.78, 5) is 11.2. The van der Waals surface area contributed by atoms with Gasteiger partial charge in [-0.3, -0.25) is 4.68 Å². The zero-order chi connectivity index (χ0) is 25.2. The van der Waals surface area contributed by atoms with Crippen molar-refractivity contribution in [3.05, 3.63) is 90.4 Å². The molecule has 0 atom stereocenters. The molecule has 0 bridgehead atoms. The first-order valence-electron chi connectivity index (χ1n) is 12.5. The van der Waals surface area contributed by atoms with Gasteiger partial charge in [-0.25, -0.2) is 18.4 Å². The highest BCUT2D eigenvalue weighted by Crippen LogP contribution is 2.27. The second-order valence-electron chi connectivity index (χ2n) is 9.50. The van der Waals surface area contributed by atoms with Gasteiger partial charge in [-0.15, -0.1) is 0 Å². The SMILES string of the molecule is O=S1(=O)CCN(CCc2ccc3ncnc(Nc4ccc5c(cnn5Cc5ccccc5)c4)c3c2)CC1. The normalized spacial score (nSPS) is 15.8. The molecule has 8 nitrogen and oxygen atoms in total. The number of fused-ring (bicyclic) bond motifs is 2. The third kappa shape index (κ3) is 5.33. The topological polar surface area (TPSA) is 93.0 Å². The van der Waals surface area contributed by atoms with Crippen LogP contribution in [0.1, 0.15) is 11.1 Å². The van der Waals surface area contributed by atoms with Gasteiger partial charge in [-0.1, -0.05) is 36.4 Å². The molecule has 0 saturated carbocycles. The van der Waals surface area contributed by atoms with E-state index in [-0.39, 0.29) is 11.5 Å². The second-order valence-corrected chi connectivity index (χ2v) is 11.8. The molecule has 1 fully saturated rings. The highest BCUT2D eigenvalue weighted by molar-refractivity contribution is 7.91. The van der Waals surface area contributed by atoms with Crippen LogP contribution in [-0.4, -0.2) is 64.2 Å². The number of anilines is 2. The summed E-state index contributed by atoms with van der Waals surface area (Å²) in [7, 11) is -2.86. The van der Waals surface area contributed by atoms with Crippen molar-refractivity contribution in [2.75, 3.05) is 36.5 Å². The first-order chi connectivity index (χ1) is 18.0. The van der Waals surface area contributed by atoms with Crippen LogP contribution in [0.25, 0.3) is 21.8 Å². The number of rotatable bonds is 7. The Hall–Kier alpha value is -3.82. The van der Waals surface area contributed by atoms with Gasteiger partial charge in [0, 0.05) is 36.1 Å². The number of nitrogens with zero attached hydrogens (tertiary/aromatic N) is 5. The maximum atomic E-state index is 11.7. The molecule has 3 heterocycles. The summed E-state index contributed by atoms with van der Waals surface area (Å²) in [6, 6.07) is 22.8. The Morgan fingerprint density at radius 2 is 1.73 bits per heavy atom. The summed E-state index contributed by atoms with van der Waals surface area (Å²) >= 11 is 0. The fourth-order valence-corrected chi connectivity index (χ4v) is 6.08. The molecule has 188 valence electrons. The number of nitrogens with one attached hydrogen (secondary N) is 1.